The molecule has 0 heterocycles. The Morgan fingerprint density at radius 2 is 1.83 bits per heavy atom. The van der Waals surface area contributed by atoms with E-state index < -0.39 is 10.0 Å². The molecule has 0 aliphatic rings. The summed E-state index contributed by atoms with van der Waals surface area (Å²) in [5.41, 5.74) is 2.20. The van der Waals surface area contributed by atoms with Gasteiger partial charge in [-0.25, -0.2) is 13.1 Å². The lowest BCUT2D eigenvalue weighted by atomic mass is 10.1. The molecular weight excluding hydrogens is 326 g/mol. The van der Waals surface area contributed by atoms with Crippen LogP contribution >= 0.6 is 0 Å². The summed E-state index contributed by atoms with van der Waals surface area (Å²) in [4.78, 5) is 1.92. The summed E-state index contributed by atoms with van der Waals surface area (Å²) in [6.07, 6.45) is 0. The van der Waals surface area contributed by atoms with Crippen molar-refractivity contribution in [2.45, 2.75) is 20.8 Å². The van der Waals surface area contributed by atoms with Crippen LogP contribution < -0.4 is 9.62 Å². The number of benzene rings is 1. The van der Waals surface area contributed by atoms with E-state index in [1.807, 2.05) is 24.3 Å². The van der Waals surface area contributed by atoms with Crippen LogP contribution in [-0.2, 0) is 14.8 Å². The summed E-state index contributed by atoms with van der Waals surface area (Å²) in [5, 5.41) is 9.30. The molecule has 0 atom stereocenters. The summed E-state index contributed by atoms with van der Waals surface area (Å²) >= 11 is 0. The van der Waals surface area contributed by atoms with E-state index in [1.165, 1.54) is 7.11 Å². The normalized spacial score (nSPS) is 12.5. The van der Waals surface area contributed by atoms with Crippen molar-refractivity contribution in [3.05, 3.63) is 34.7 Å². The number of nitrogens with zero attached hydrogens (tertiary/aromatic N) is 2. The lowest BCUT2D eigenvalue weighted by Gasteiger charge is -2.21. The molecule has 7 heteroatoms. The van der Waals surface area contributed by atoms with E-state index in [1.54, 1.807) is 13.0 Å². The van der Waals surface area contributed by atoms with E-state index in [9.17, 15) is 13.7 Å². The number of hydrogen-bond acceptors (Lipinski definition) is 5. The monoisotopic (exact) mass is 351 g/mol. The maximum absolute atomic E-state index is 12.3. The van der Waals surface area contributed by atoms with Crippen LogP contribution in [0.25, 0.3) is 5.57 Å². The quantitative estimate of drug-likeness (QED) is 0.545. The Morgan fingerprint density at radius 3 is 2.29 bits per heavy atom. The molecule has 0 unspecified atom stereocenters. The Morgan fingerprint density at radius 1 is 1.25 bits per heavy atom. The summed E-state index contributed by atoms with van der Waals surface area (Å²) in [7, 11) is -2.37. The van der Waals surface area contributed by atoms with E-state index in [0.29, 0.717) is 11.1 Å². The van der Waals surface area contributed by atoms with Crippen LogP contribution in [0.4, 0.5) is 5.69 Å². The standard InChI is InChI=1S/C17H25N3O3S/c1-5-20(6-2)16-9-7-15(8-10-16)14(3)17(13-18)24(21,22)19-11-12-23-4/h7-10,19H,5-6,11-12H2,1-4H3/b17-14+. The molecule has 1 N–H and O–H groups in total. The second-order valence-electron chi connectivity index (χ2n) is 5.18. The average Bonchev–Trinajstić information content (AvgIpc) is 2.57. The number of methoxy groups -OCH3 is 1. The van der Waals surface area contributed by atoms with Crippen LogP contribution in [0.15, 0.2) is 29.2 Å². The molecule has 0 saturated heterocycles. The molecule has 132 valence electrons. The maximum Gasteiger partial charge on any atom is 0.251 e. The van der Waals surface area contributed by atoms with Crippen LogP contribution in [0.3, 0.4) is 0 Å². The number of nitriles is 1. The van der Waals surface area contributed by atoms with Gasteiger partial charge in [-0.1, -0.05) is 12.1 Å². The Labute approximate surface area is 144 Å². The molecule has 0 aliphatic heterocycles. The number of nitrogens with one attached hydrogen (secondary N) is 1. The Hall–Kier alpha value is -1.88. The first kappa shape index (κ1) is 20.2. The number of anilines is 1. The van der Waals surface area contributed by atoms with Crippen LogP contribution in [0.1, 0.15) is 26.3 Å². The molecule has 0 radical (unpaired) electrons. The number of rotatable bonds is 9. The lowest BCUT2D eigenvalue weighted by Crippen LogP contribution is -2.28. The number of hydrogen-bond donors (Lipinski definition) is 1. The van der Waals surface area contributed by atoms with Crippen molar-refractivity contribution in [3.63, 3.8) is 0 Å². The van der Waals surface area contributed by atoms with Gasteiger partial charge in [0, 0.05) is 32.4 Å². The zero-order valence-corrected chi connectivity index (χ0v) is 15.5. The minimum Gasteiger partial charge on any atom is -0.383 e. The molecule has 1 aromatic carbocycles. The fourth-order valence-corrected chi connectivity index (χ4v) is 3.48. The SMILES string of the molecule is CCN(CC)c1ccc(/C(C)=C(\C#N)S(=O)(=O)NCCOC)cc1. The van der Waals surface area contributed by atoms with Gasteiger partial charge >= 0.3 is 0 Å². The van der Waals surface area contributed by atoms with Crippen molar-refractivity contribution >= 4 is 21.3 Å². The van der Waals surface area contributed by atoms with Crippen molar-refractivity contribution in [1.29, 1.82) is 5.26 Å². The van der Waals surface area contributed by atoms with Gasteiger partial charge in [-0.15, -0.1) is 0 Å². The van der Waals surface area contributed by atoms with Gasteiger partial charge in [0.25, 0.3) is 10.0 Å². The second kappa shape index (κ2) is 9.42. The van der Waals surface area contributed by atoms with Gasteiger partial charge in [-0.2, -0.15) is 5.26 Å². The molecule has 0 bridgehead atoms. The third kappa shape index (κ3) is 5.06. The Kier molecular flexibility index (Phi) is 7.92. The second-order valence-corrected chi connectivity index (χ2v) is 6.88. The van der Waals surface area contributed by atoms with E-state index in [2.05, 4.69) is 23.5 Å². The zero-order chi connectivity index (χ0) is 18.2. The molecule has 1 rings (SSSR count). The summed E-state index contributed by atoms with van der Waals surface area (Å²) in [6, 6.07) is 9.35. The van der Waals surface area contributed by atoms with Gasteiger partial charge in [0.1, 0.15) is 6.07 Å². The highest BCUT2D eigenvalue weighted by molar-refractivity contribution is 7.93. The van der Waals surface area contributed by atoms with Crippen molar-refractivity contribution in [1.82, 2.24) is 4.72 Å². The maximum atomic E-state index is 12.3. The molecule has 0 spiro atoms. The molecule has 1 aromatic rings. The highest BCUT2D eigenvalue weighted by atomic mass is 32.2. The Balaban J connectivity index is 3.13. The molecular formula is C17H25N3O3S. The van der Waals surface area contributed by atoms with Gasteiger partial charge in [0.05, 0.1) is 6.61 Å². The average molecular weight is 351 g/mol. The zero-order valence-electron chi connectivity index (χ0n) is 14.7. The van der Waals surface area contributed by atoms with Crippen LogP contribution in [0.5, 0.6) is 0 Å². The van der Waals surface area contributed by atoms with Crippen molar-refractivity contribution in [2.24, 2.45) is 0 Å². The number of allylic oxidation sites excluding steroid dienone is 2. The van der Waals surface area contributed by atoms with Gasteiger partial charge in [0.15, 0.2) is 4.91 Å². The van der Waals surface area contributed by atoms with Gasteiger partial charge in [-0.05, 0) is 44.0 Å². The first-order chi connectivity index (χ1) is 11.4. The first-order valence-corrected chi connectivity index (χ1v) is 9.34. The summed E-state index contributed by atoms with van der Waals surface area (Å²) in [6.45, 7) is 7.95. The van der Waals surface area contributed by atoms with Crippen molar-refractivity contribution in [3.8, 4) is 6.07 Å². The molecule has 6 nitrogen and oxygen atoms in total. The highest BCUT2D eigenvalue weighted by Gasteiger charge is 2.20. The summed E-state index contributed by atoms with van der Waals surface area (Å²) < 4.78 is 31.7. The van der Waals surface area contributed by atoms with Gasteiger partial charge in [-0.3, -0.25) is 0 Å². The predicted octanol–water partition coefficient (Wildman–Crippen LogP) is 2.35. The largest absolute Gasteiger partial charge is 0.383 e. The van der Waals surface area contributed by atoms with Crippen LogP contribution in [-0.4, -0.2) is 41.8 Å². The molecule has 0 saturated carbocycles. The van der Waals surface area contributed by atoms with Crippen molar-refractivity contribution < 1.29 is 13.2 Å². The summed E-state index contributed by atoms with van der Waals surface area (Å²) in [5.74, 6) is 0. The lowest BCUT2D eigenvalue weighted by molar-refractivity contribution is 0.204. The van der Waals surface area contributed by atoms with E-state index >= 15 is 0 Å². The molecule has 24 heavy (non-hydrogen) atoms. The predicted molar refractivity (Wildman–Crippen MR) is 97.0 cm³/mol. The van der Waals surface area contributed by atoms with E-state index in [-0.39, 0.29) is 18.1 Å². The molecule has 0 aliphatic carbocycles. The van der Waals surface area contributed by atoms with E-state index in [0.717, 1.165) is 18.8 Å². The molecule has 0 fully saturated rings. The highest BCUT2D eigenvalue weighted by Crippen LogP contribution is 2.24. The molecule has 0 amide bonds. The third-order valence-electron chi connectivity index (χ3n) is 3.74. The molecule has 0 aromatic heterocycles. The fraction of sp³-hybridized carbons (Fsp3) is 0.471. The number of ether oxygens (including phenoxy) is 1. The topological polar surface area (TPSA) is 82.4 Å². The first-order valence-electron chi connectivity index (χ1n) is 7.86. The third-order valence-corrected chi connectivity index (χ3v) is 5.26. The van der Waals surface area contributed by atoms with Crippen LogP contribution in [0, 0.1) is 11.3 Å². The smallest absolute Gasteiger partial charge is 0.251 e. The van der Waals surface area contributed by atoms with Crippen molar-refractivity contribution in [2.75, 3.05) is 38.3 Å². The minimum absolute atomic E-state index is 0.123. The van der Waals surface area contributed by atoms with Gasteiger partial charge in [0.2, 0.25) is 0 Å². The van der Waals surface area contributed by atoms with Crippen LogP contribution in [0.2, 0.25) is 0 Å². The number of sulfonamides is 1. The Bertz CT molecular complexity index is 700. The van der Waals surface area contributed by atoms with Gasteiger partial charge < -0.3 is 9.64 Å². The fourth-order valence-electron chi connectivity index (χ4n) is 2.34. The minimum atomic E-state index is -3.85. The van der Waals surface area contributed by atoms with E-state index in [4.69, 9.17) is 4.74 Å².